The molecule has 1 saturated carbocycles. The van der Waals surface area contributed by atoms with Crippen LogP contribution in [0, 0.1) is 11.3 Å². The number of benzene rings is 1. The van der Waals surface area contributed by atoms with Gasteiger partial charge in [0.1, 0.15) is 23.3 Å². The van der Waals surface area contributed by atoms with E-state index in [0.29, 0.717) is 42.7 Å². The number of anilines is 3. The van der Waals surface area contributed by atoms with E-state index in [0.717, 1.165) is 42.4 Å². The van der Waals surface area contributed by atoms with Crippen LogP contribution >= 0.6 is 0 Å². The first-order chi connectivity index (χ1) is 21.0. The van der Waals surface area contributed by atoms with Gasteiger partial charge in [0, 0.05) is 62.3 Å². The highest BCUT2D eigenvalue weighted by molar-refractivity contribution is 5.91. The van der Waals surface area contributed by atoms with Crippen molar-refractivity contribution in [3.63, 3.8) is 0 Å². The SMILES string of the molecule is Cn1cc(-c2ccc(N(C(=O)NCc3ccccc3)[C@H]3CC[C@H](Nc4ncc(C#N)c(NCCCO)n4)CC3)nc2)cn1. The molecule has 1 aliphatic carbocycles. The first kappa shape index (κ1) is 29.5. The van der Waals surface area contributed by atoms with Crippen molar-refractivity contribution in [3.8, 4) is 17.2 Å². The lowest BCUT2D eigenvalue weighted by atomic mass is 9.90. The average Bonchev–Trinajstić information content (AvgIpc) is 3.48. The normalized spacial score (nSPS) is 16.2. The van der Waals surface area contributed by atoms with Crippen LogP contribution in [0.4, 0.5) is 22.4 Å². The van der Waals surface area contributed by atoms with Gasteiger partial charge >= 0.3 is 6.03 Å². The molecule has 3 heterocycles. The van der Waals surface area contributed by atoms with Crippen LogP contribution in [-0.2, 0) is 13.6 Å². The van der Waals surface area contributed by atoms with E-state index >= 15 is 0 Å². The fourth-order valence-electron chi connectivity index (χ4n) is 5.20. The summed E-state index contributed by atoms with van der Waals surface area (Å²) in [5.41, 5.74) is 3.27. The highest BCUT2D eigenvalue weighted by Gasteiger charge is 2.31. The zero-order chi connectivity index (χ0) is 30.0. The molecule has 1 aliphatic rings. The van der Waals surface area contributed by atoms with Crippen molar-refractivity contribution in [2.75, 3.05) is 28.7 Å². The fraction of sp³-hybridized carbons (Fsp3) is 0.355. The molecular formula is C31H36N10O2. The summed E-state index contributed by atoms with van der Waals surface area (Å²) < 4.78 is 1.75. The van der Waals surface area contributed by atoms with E-state index in [-0.39, 0.29) is 24.7 Å². The molecule has 0 atom stereocenters. The second-order valence-electron chi connectivity index (χ2n) is 10.5. The molecule has 4 N–H and O–H groups in total. The predicted molar refractivity (Wildman–Crippen MR) is 164 cm³/mol. The summed E-state index contributed by atoms with van der Waals surface area (Å²) in [6.07, 6.45) is 10.7. The number of urea groups is 1. The number of hydrogen-bond donors (Lipinski definition) is 4. The van der Waals surface area contributed by atoms with Gasteiger partial charge < -0.3 is 21.1 Å². The summed E-state index contributed by atoms with van der Waals surface area (Å²) in [6, 6.07) is 15.7. The molecule has 0 saturated heterocycles. The first-order valence-electron chi connectivity index (χ1n) is 14.5. The van der Waals surface area contributed by atoms with E-state index < -0.39 is 0 Å². The van der Waals surface area contributed by atoms with Crippen LogP contribution in [0.2, 0.25) is 0 Å². The summed E-state index contributed by atoms with van der Waals surface area (Å²) in [7, 11) is 1.87. The number of pyridine rings is 1. The number of carbonyl (C=O) groups is 1. The van der Waals surface area contributed by atoms with Gasteiger partial charge in [-0.25, -0.2) is 14.8 Å². The summed E-state index contributed by atoms with van der Waals surface area (Å²) in [4.78, 5) is 28.9. The quantitative estimate of drug-likeness (QED) is 0.192. The molecule has 1 fully saturated rings. The fourth-order valence-corrected chi connectivity index (χ4v) is 5.20. The molecule has 0 aliphatic heterocycles. The predicted octanol–water partition coefficient (Wildman–Crippen LogP) is 4.08. The number of nitrogens with zero attached hydrogens (tertiary/aromatic N) is 7. The lowest BCUT2D eigenvalue weighted by Gasteiger charge is -2.36. The Balaban J connectivity index is 1.27. The maximum atomic E-state index is 13.6. The number of hydrogen-bond acceptors (Lipinski definition) is 9. The van der Waals surface area contributed by atoms with E-state index in [4.69, 9.17) is 10.1 Å². The molecule has 5 rings (SSSR count). The van der Waals surface area contributed by atoms with Gasteiger partial charge in [-0.05, 0) is 49.8 Å². The second-order valence-corrected chi connectivity index (χ2v) is 10.5. The van der Waals surface area contributed by atoms with E-state index in [1.165, 1.54) is 6.20 Å². The van der Waals surface area contributed by atoms with Gasteiger partial charge in [0.2, 0.25) is 5.95 Å². The Morgan fingerprint density at radius 1 is 1.07 bits per heavy atom. The number of nitriles is 1. The van der Waals surface area contributed by atoms with Gasteiger partial charge in [-0.3, -0.25) is 9.58 Å². The highest BCUT2D eigenvalue weighted by Crippen LogP contribution is 2.29. The summed E-state index contributed by atoms with van der Waals surface area (Å²) in [5, 5.41) is 32.3. The van der Waals surface area contributed by atoms with Gasteiger partial charge in [0.05, 0.1) is 12.4 Å². The first-order valence-corrected chi connectivity index (χ1v) is 14.5. The number of nitrogens with one attached hydrogen (secondary N) is 3. The largest absolute Gasteiger partial charge is 0.396 e. The van der Waals surface area contributed by atoms with Crippen LogP contribution < -0.4 is 20.9 Å². The highest BCUT2D eigenvalue weighted by atomic mass is 16.3. The summed E-state index contributed by atoms with van der Waals surface area (Å²) in [6.45, 7) is 0.984. The van der Waals surface area contributed by atoms with E-state index in [1.54, 1.807) is 22.0 Å². The zero-order valence-corrected chi connectivity index (χ0v) is 24.1. The molecule has 12 heteroatoms. The maximum Gasteiger partial charge on any atom is 0.323 e. The van der Waals surface area contributed by atoms with Crippen molar-refractivity contribution in [1.82, 2.24) is 30.0 Å². The monoisotopic (exact) mass is 580 g/mol. The van der Waals surface area contributed by atoms with E-state index in [2.05, 4.69) is 37.1 Å². The maximum absolute atomic E-state index is 13.6. The third-order valence-electron chi connectivity index (χ3n) is 7.47. The Labute approximate surface area is 250 Å². The minimum absolute atomic E-state index is 0.0387. The number of rotatable bonds is 11. The Morgan fingerprint density at radius 3 is 2.56 bits per heavy atom. The molecule has 0 spiro atoms. The minimum Gasteiger partial charge on any atom is -0.396 e. The average molecular weight is 581 g/mol. The van der Waals surface area contributed by atoms with Gasteiger partial charge in [-0.2, -0.15) is 15.3 Å². The number of aromatic nitrogens is 5. The number of carbonyl (C=O) groups excluding carboxylic acids is 1. The molecule has 222 valence electrons. The smallest absolute Gasteiger partial charge is 0.323 e. The van der Waals surface area contributed by atoms with Crippen molar-refractivity contribution in [2.24, 2.45) is 7.05 Å². The molecule has 4 aromatic rings. The van der Waals surface area contributed by atoms with Crippen molar-refractivity contribution in [3.05, 3.63) is 78.4 Å². The molecule has 2 amide bonds. The van der Waals surface area contributed by atoms with Crippen molar-refractivity contribution in [2.45, 2.75) is 50.7 Å². The van der Waals surface area contributed by atoms with Gasteiger partial charge in [0.25, 0.3) is 0 Å². The number of amides is 2. The van der Waals surface area contributed by atoms with E-state index in [1.807, 2.05) is 55.7 Å². The van der Waals surface area contributed by atoms with Crippen molar-refractivity contribution >= 4 is 23.6 Å². The standard InChI is InChI=1S/C31H36N10O2/c1-40-21-25(20-37-40)23-8-13-28(34-18-23)41(31(43)36-17-22-6-3-2-4-7-22)27-11-9-26(10-12-27)38-30-35-19-24(16-32)29(39-30)33-14-5-15-42/h2-4,6-8,13,18-21,26-27,42H,5,9-12,14-15,17H2,1H3,(H,36,43)(H2,33,35,38,39)/t26-,27-. The molecule has 0 radical (unpaired) electrons. The van der Waals surface area contributed by atoms with Crippen LogP contribution in [-0.4, -0.2) is 61.1 Å². The molecule has 3 aromatic heterocycles. The van der Waals surface area contributed by atoms with Crippen molar-refractivity contribution < 1.29 is 9.90 Å². The number of aliphatic hydroxyl groups is 1. The van der Waals surface area contributed by atoms with E-state index in [9.17, 15) is 10.1 Å². The molecule has 43 heavy (non-hydrogen) atoms. The third-order valence-corrected chi connectivity index (χ3v) is 7.47. The number of aryl methyl sites for hydroxylation is 1. The molecule has 1 aromatic carbocycles. The van der Waals surface area contributed by atoms with Crippen LogP contribution in [0.15, 0.2) is 67.3 Å². The topological polar surface area (TPSA) is 157 Å². The van der Waals surface area contributed by atoms with Crippen LogP contribution in [0.25, 0.3) is 11.1 Å². The third kappa shape index (κ3) is 7.64. The summed E-state index contributed by atoms with van der Waals surface area (Å²) in [5.74, 6) is 1.49. The Kier molecular flexibility index (Phi) is 9.76. The zero-order valence-electron chi connectivity index (χ0n) is 24.1. The number of aliphatic hydroxyl groups excluding tert-OH is 1. The second kappa shape index (κ2) is 14.2. The Hall–Kier alpha value is -5.02. The summed E-state index contributed by atoms with van der Waals surface area (Å²) >= 11 is 0. The van der Waals surface area contributed by atoms with Crippen molar-refractivity contribution in [1.29, 1.82) is 5.26 Å². The lowest BCUT2D eigenvalue weighted by Crippen LogP contribution is -2.49. The Bertz CT molecular complexity index is 1530. The molecule has 12 nitrogen and oxygen atoms in total. The van der Waals surface area contributed by atoms with Gasteiger partial charge in [-0.15, -0.1) is 0 Å². The van der Waals surface area contributed by atoms with Crippen LogP contribution in [0.5, 0.6) is 0 Å². The molecule has 0 bridgehead atoms. The van der Waals surface area contributed by atoms with Crippen LogP contribution in [0.1, 0.15) is 43.2 Å². The van der Waals surface area contributed by atoms with Gasteiger partial charge in [0.15, 0.2) is 0 Å². The van der Waals surface area contributed by atoms with Crippen LogP contribution in [0.3, 0.4) is 0 Å². The Morgan fingerprint density at radius 2 is 1.88 bits per heavy atom. The minimum atomic E-state index is -0.184. The lowest BCUT2D eigenvalue weighted by molar-refractivity contribution is 0.240. The molecular weight excluding hydrogens is 544 g/mol. The molecule has 0 unspecified atom stereocenters. The van der Waals surface area contributed by atoms with Gasteiger partial charge in [-0.1, -0.05) is 30.3 Å².